The molecule has 0 radical (unpaired) electrons. The molecule has 1 aromatic carbocycles. The highest BCUT2D eigenvalue weighted by atomic mass is 16.5. The van der Waals surface area contributed by atoms with Crippen molar-refractivity contribution in [3.8, 4) is 11.8 Å². The average molecular weight is 246 g/mol. The molecule has 1 fully saturated rings. The van der Waals surface area contributed by atoms with Gasteiger partial charge in [-0.05, 0) is 31.2 Å². The van der Waals surface area contributed by atoms with Crippen molar-refractivity contribution in [3.05, 3.63) is 29.8 Å². The summed E-state index contributed by atoms with van der Waals surface area (Å²) in [6.07, 6.45) is 0.314. The van der Waals surface area contributed by atoms with Gasteiger partial charge in [0, 0.05) is 19.6 Å². The van der Waals surface area contributed by atoms with Crippen LogP contribution in [0.5, 0.6) is 5.75 Å². The third kappa shape index (κ3) is 3.73. The molecule has 1 atom stereocenters. The molecule has 0 N–H and O–H groups in total. The lowest BCUT2D eigenvalue weighted by molar-refractivity contribution is -0.0214. The Hall–Kier alpha value is -1.57. The minimum Gasteiger partial charge on any atom is -0.492 e. The van der Waals surface area contributed by atoms with Crippen LogP contribution in [0.25, 0.3) is 0 Å². The molecule has 4 nitrogen and oxygen atoms in total. The van der Waals surface area contributed by atoms with Crippen LogP contribution >= 0.6 is 0 Å². The Kier molecular flexibility index (Phi) is 4.57. The summed E-state index contributed by atoms with van der Waals surface area (Å²) in [5, 5.41) is 8.69. The molecule has 1 unspecified atom stereocenters. The van der Waals surface area contributed by atoms with Crippen LogP contribution in [0.3, 0.4) is 0 Å². The van der Waals surface area contributed by atoms with Crippen LogP contribution in [-0.2, 0) is 4.74 Å². The number of hydrogen-bond acceptors (Lipinski definition) is 4. The van der Waals surface area contributed by atoms with E-state index in [4.69, 9.17) is 14.7 Å². The molecule has 0 aliphatic carbocycles. The van der Waals surface area contributed by atoms with Gasteiger partial charge in [-0.3, -0.25) is 4.90 Å². The number of nitrogens with zero attached hydrogens (tertiary/aromatic N) is 2. The van der Waals surface area contributed by atoms with Gasteiger partial charge in [-0.15, -0.1) is 0 Å². The summed E-state index contributed by atoms with van der Waals surface area (Å²) in [7, 11) is 0. The zero-order valence-electron chi connectivity index (χ0n) is 10.6. The summed E-state index contributed by atoms with van der Waals surface area (Å²) < 4.78 is 11.1. The molecule has 0 spiro atoms. The van der Waals surface area contributed by atoms with E-state index < -0.39 is 0 Å². The van der Waals surface area contributed by atoms with E-state index in [9.17, 15) is 0 Å². The van der Waals surface area contributed by atoms with Crippen LogP contribution in [0.15, 0.2) is 24.3 Å². The maximum atomic E-state index is 8.69. The summed E-state index contributed by atoms with van der Waals surface area (Å²) >= 11 is 0. The molecule has 2 rings (SSSR count). The molecule has 0 bridgehead atoms. The van der Waals surface area contributed by atoms with Gasteiger partial charge in [0.2, 0.25) is 0 Å². The van der Waals surface area contributed by atoms with Gasteiger partial charge in [-0.25, -0.2) is 0 Å². The predicted octanol–water partition coefficient (Wildman–Crippen LogP) is 1.66. The monoisotopic (exact) mass is 246 g/mol. The lowest BCUT2D eigenvalue weighted by Gasteiger charge is -2.30. The van der Waals surface area contributed by atoms with Gasteiger partial charge in [0.05, 0.1) is 24.3 Å². The molecule has 0 aromatic heterocycles. The summed E-state index contributed by atoms with van der Waals surface area (Å²) in [5.74, 6) is 0.815. The lowest BCUT2D eigenvalue weighted by Crippen LogP contribution is -2.42. The first-order valence-corrected chi connectivity index (χ1v) is 6.25. The second-order valence-corrected chi connectivity index (χ2v) is 4.47. The lowest BCUT2D eigenvalue weighted by atomic mass is 10.2. The van der Waals surface area contributed by atoms with Crippen molar-refractivity contribution >= 4 is 0 Å². The number of hydrogen-bond donors (Lipinski definition) is 0. The molecule has 0 saturated carbocycles. The third-order valence-electron chi connectivity index (χ3n) is 2.98. The third-order valence-corrected chi connectivity index (χ3v) is 2.98. The summed E-state index contributed by atoms with van der Waals surface area (Å²) in [4.78, 5) is 2.35. The Balaban J connectivity index is 1.72. The SMILES string of the molecule is CC1CN(CCOc2ccc(C#N)cc2)CCO1. The highest BCUT2D eigenvalue weighted by molar-refractivity contribution is 5.34. The second-order valence-electron chi connectivity index (χ2n) is 4.47. The number of morpholine rings is 1. The minimum atomic E-state index is 0.314. The quantitative estimate of drug-likeness (QED) is 0.810. The largest absolute Gasteiger partial charge is 0.492 e. The number of benzene rings is 1. The molecule has 0 amide bonds. The first-order chi connectivity index (χ1) is 8.78. The Morgan fingerprint density at radius 1 is 1.44 bits per heavy atom. The zero-order chi connectivity index (χ0) is 12.8. The predicted molar refractivity (Wildman–Crippen MR) is 68.5 cm³/mol. The highest BCUT2D eigenvalue weighted by Gasteiger charge is 2.15. The zero-order valence-corrected chi connectivity index (χ0v) is 10.6. The van der Waals surface area contributed by atoms with Gasteiger partial charge in [-0.2, -0.15) is 5.26 Å². The topological polar surface area (TPSA) is 45.5 Å². The van der Waals surface area contributed by atoms with Crippen LogP contribution in [0.4, 0.5) is 0 Å². The molecule has 1 saturated heterocycles. The fourth-order valence-corrected chi connectivity index (χ4v) is 2.01. The van der Waals surface area contributed by atoms with Crippen molar-refractivity contribution < 1.29 is 9.47 Å². The minimum absolute atomic E-state index is 0.314. The van der Waals surface area contributed by atoms with Gasteiger partial charge < -0.3 is 9.47 Å². The Morgan fingerprint density at radius 3 is 2.89 bits per heavy atom. The van der Waals surface area contributed by atoms with E-state index in [2.05, 4.69) is 17.9 Å². The van der Waals surface area contributed by atoms with Crippen LogP contribution in [0, 0.1) is 11.3 Å². The van der Waals surface area contributed by atoms with Crippen molar-refractivity contribution in [2.45, 2.75) is 13.0 Å². The van der Waals surface area contributed by atoms with Gasteiger partial charge >= 0.3 is 0 Å². The molecular formula is C14H18N2O2. The standard InChI is InChI=1S/C14H18N2O2/c1-12-11-16(6-8-17-12)7-9-18-14-4-2-13(10-15)3-5-14/h2-5,12H,6-9,11H2,1H3. The van der Waals surface area contributed by atoms with Crippen molar-refractivity contribution in [1.29, 1.82) is 5.26 Å². The highest BCUT2D eigenvalue weighted by Crippen LogP contribution is 2.11. The maximum Gasteiger partial charge on any atom is 0.119 e. The van der Waals surface area contributed by atoms with Crippen LogP contribution < -0.4 is 4.74 Å². The number of nitriles is 1. The smallest absolute Gasteiger partial charge is 0.119 e. The molecule has 1 heterocycles. The molecule has 96 valence electrons. The normalized spacial score (nSPS) is 20.3. The van der Waals surface area contributed by atoms with Crippen molar-refractivity contribution in [3.63, 3.8) is 0 Å². The fourth-order valence-electron chi connectivity index (χ4n) is 2.01. The van der Waals surface area contributed by atoms with E-state index >= 15 is 0 Å². The van der Waals surface area contributed by atoms with E-state index in [1.165, 1.54) is 0 Å². The van der Waals surface area contributed by atoms with Gasteiger partial charge in [-0.1, -0.05) is 0 Å². The fraction of sp³-hybridized carbons (Fsp3) is 0.500. The summed E-state index contributed by atoms with van der Waals surface area (Å²) in [6, 6.07) is 9.30. The van der Waals surface area contributed by atoms with E-state index in [1.54, 1.807) is 12.1 Å². The van der Waals surface area contributed by atoms with E-state index in [-0.39, 0.29) is 0 Å². The molecule has 18 heavy (non-hydrogen) atoms. The van der Waals surface area contributed by atoms with Gasteiger partial charge in [0.1, 0.15) is 12.4 Å². The van der Waals surface area contributed by atoms with Crippen LogP contribution in [0.1, 0.15) is 12.5 Å². The summed E-state index contributed by atoms with van der Waals surface area (Å²) in [6.45, 7) is 6.41. The van der Waals surface area contributed by atoms with Crippen molar-refractivity contribution in [2.24, 2.45) is 0 Å². The Morgan fingerprint density at radius 2 is 2.22 bits per heavy atom. The maximum absolute atomic E-state index is 8.69. The molecule has 1 aliphatic heterocycles. The van der Waals surface area contributed by atoms with E-state index in [0.29, 0.717) is 18.3 Å². The number of ether oxygens (including phenoxy) is 2. The molecular weight excluding hydrogens is 228 g/mol. The first kappa shape index (κ1) is 12.9. The summed E-state index contributed by atoms with van der Waals surface area (Å²) in [5.41, 5.74) is 0.657. The Bertz CT molecular complexity index is 411. The van der Waals surface area contributed by atoms with Gasteiger partial charge in [0.25, 0.3) is 0 Å². The molecule has 1 aromatic rings. The Labute approximate surface area is 108 Å². The first-order valence-electron chi connectivity index (χ1n) is 6.25. The average Bonchev–Trinajstić information content (AvgIpc) is 2.40. The van der Waals surface area contributed by atoms with Crippen LogP contribution in [0.2, 0.25) is 0 Å². The molecule has 1 aliphatic rings. The van der Waals surface area contributed by atoms with E-state index in [0.717, 1.165) is 32.0 Å². The molecule has 4 heteroatoms. The van der Waals surface area contributed by atoms with Crippen LogP contribution in [-0.4, -0.2) is 43.9 Å². The second kappa shape index (κ2) is 6.39. The van der Waals surface area contributed by atoms with Crippen molar-refractivity contribution in [1.82, 2.24) is 4.90 Å². The van der Waals surface area contributed by atoms with Gasteiger partial charge in [0.15, 0.2) is 0 Å². The van der Waals surface area contributed by atoms with Crippen molar-refractivity contribution in [2.75, 3.05) is 32.8 Å². The number of rotatable bonds is 4. The van der Waals surface area contributed by atoms with E-state index in [1.807, 2.05) is 12.1 Å².